The maximum Gasteiger partial charge on any atom is 0.252 e. The first-order valence-corrected chi connectivity index (χ1v) is 8.03. The second kappa shape index (κ2) is 6.44. The molecule has 116 valence electrons. The number of benzene rings is 1. The van der Waals surface area contributed by atoms with Crippen LogP contribution in [0.25, 0.3) is 10.9 Å². The van der Waals surface area contributed by atoms with E-state index in [0.717, 1.165) is 40.7 Å². The van der Waals surface area contributed by atoms with Crippen LogP contribution in [0.1, 0.15) is 46.8 Å². The highest BCUT2D eigenvalue weighted by atomic mass is 16.1. The summed E-state index contributed by atoms with van der Waals surface area (Å²) < 4.78 is 0. The van der Waals surface area contributed by atoms with Crippen LogP contribution in [-0.2, 0) is 0 Å². The number of fused-ring (bicyclic) bond motifs is 1. The van der Waals surface area contributed by atoms with Crippen molar-refractivity contribution >= 4 is 16.8 Å². The lowest BCUT2D eigenvalue weighted by Gasteiger charge is -2.11. The van der Waals surface area contributed by atoms with Crippen LogP contribution in [0, 0.1) is 6.92 Å². The van der Waals surface area contributed by atoms with Crippen LogP contribution in [0.2, 0.25) is 0 Å². The molecular formula is C18H23N3O. The molecule has 3 rings (SSSR count). The molecule has 1 amide bonds. The Morgan fingerprint density at radius 1 is 1.27 bits per heavy atom. The van der Waals surface area contributed by atoms with Gasteiger partial charge < -0.3 is 10.6 Å². The standard InChI is InChI=1S/C18H23N3O/c1-12-4-7-16-14(10-12)15(11-17(21-16)13-5-6-13)18(22)20-9-3-8-19-2/h4,7,10-11,13,19H,3,5-6,8-9H2,1-2H3,(H,20,22). The first-order valence-electron chi connectivity index (χ1n) is 8.03. The van der Waals surface area contributed by atoms with E-state index >= 15 is 0 Å². The van der Waals surface area contributed by atoms with Crippen LogP contribution in [-0.4, -0.2) is 31.0 Å². The first-order chi connectivity index (χ1) is 10.7. The Balaban J connectivity index is 1.91. The number of aryl methyl sites for hydroxylation is 1. The topological polar surface area (TPSA) is 54.0 Å². The fourth-order valence-electron chi connectivity index (χ4n) is 2.70. The molecule has 2 aromatic rings. The van der Waals surface area contributed by atoms with Crippen LogP contribution in [0.4, 0.5) is 0 Å². The zero-order valence-corrected chi connectivity index (χ0v) is 13.3. The van der Waals surface area contributed by atoms with Gasteiger partial charge in [0.2, 0.25) is 0 Å². The van der Waals surface area contributed by atoms with Gasteiger partial charge in [0, 0.05) is 23.5 Å². The fraction of sp³-hybridized carbons (Fsp3) is 0.444. The van der Waals surface area contributed by atoms with E-state index in [1.807, 2.05) is 26.1 Å². The van der Waals surface area contributed by atoms with E-state index < -0.39 is 0 Å². The largest absolute Gasteiger partial charge is 0.352 e. The predicted octanol–water partition coefficient (Wildman–Crippen LogP) is 2.76. The van der Waals surface area contributed by atoms with Crippen LogP contribution < -0.4 is 10.6 Å². The number of carbonyl (C=O) groups excluding carboxylic acids is 1. The number of pyridine rings is 1. The molecule has 1 aliphatic rings. The number of amides is 1. The summed E-state index contributed by atoms with van der Waals surface area (Å²) in [6, 6.07) is 8.13. The highest BCUT2D eigenvalue weighted by molar-refractivity contribution is 6.06. The normalized spacial score (nSPS) is 14.3. The van der Waals surface area contributed by atoms with Crippen molar-refractivity contribution in [2.75, 3.05) is 20.1 Å². The minimum atomic E-state index is 0.0102. The molecule has 0 aliphatic heterocycles. The second-order valence-corrected chi connectivity index (χ2v) is 6.10. The molecule has 0 unspecified atom stereocenters. The summed E-state index contributed by atoms with van der Waals surface area (Å²) in [6.07, 6.45) is 3.31. The van der Waals surface area contributed by atoms with Gasteiger partial charge in [-0.05, 0) is 58.0 Å². The smallest absolute Gasteiger partial charge is 0.252 e. The van der Waals surface area contributed by atoms with Crippen molar-refractivity contribution in [3.05, 3.63) is 41.1 Å². The quantitative estimate of drug-likeness (QED) is 0.806. The highest BCUT2D eigenvalue weighted by Gasteiger charge is 2.26. The van der Waals surface area contributed by atoms with E-state index in [2.05, 4.69) is 22.8 Å². The van der Waals surface area contributed by atoms with Crippen molar-refractivity contribution in [2.24, 2.45) is 0 Å². The Morgan fingerprint density at radius 2 is 2.09 bits per heavy atom. The maximum atomic E-state index is 12.6. The number of aromatic nitrogens is 1. The summed E-state index contributed by atoms with van der Waals surface area (Å²) in [4.78, 5) is 17.3. The summed E-state index contributed by atoms with van der Waals surface area (Å²) in [5.41, 5.74) is 3.91. The van der Waals surface area contributed by atoms with E-state index in [9.17, 15) is 4.79 Å². The lowest BCUT2D eigenvalue weighted by Crippen LogP contribution is -2.27. The fourth-order valence-corrected chi connectivity index (χ4v) is 2.70. The number of nitrogens with one attached hydrogen (secondary N) is 2. The van der Waals surface area contributed by atoms with E-state index in [4.69, 9.17) is 4.98 Å². The molecule has 1 heterocycles. The van der Waals surface area contributed by atoms with Crippen LogP contribution in [0.5, 0.6) is 0 Å². The third-order valence-corrected chi connectivity index (χ3v) is 4.11. The molecule has 1 saturated carbocycles. The lowest BCUT2D eigenvalue weighted by atomic mass is 10.0. The van der Waals surface area contributed by atoms with Gasteiger partial charge in [0.05, 0.1) is 11.1 Å². The Morgan fingerprint density at radius 3 is 2.82 bits per heavy atom. The molecule has 4 heteroatoms. The predicted molar refractivity (Wildman–Crippen MR) is 89.3 cm³/mol. The van der Waals surface area contributed by atoms with E-state index in [1.54, 1.807) is 0 Å². The molecule has 22 heavy (non-hydrogen) atoms. The molecule has 0 bridgehead atoms. The Hall–Kier alpha value is -1.94. The molecule has 0 spiro atoms. The Kier molecular flexibility index (Phi) is 4.39. The van der Waals surface area contributed by atoms with Crippen LogP contribution in [0.3, 0.4) is 0 Å². The summed E-state index contributed by atoms with van der Waals surface area (Å²) in [5, 5.41) is 7.07. The van der Waals surface area contributed by atoms with Crippen LogP contribution >= 0.6 is 0 Å². The molecule has 0 atom stereocenters. The highest BCUT2D eigenvalue weighted by Crippen LogP contribution is 2.40. The molecule has 4 nitrogen and oxygen atoms in total. The molecule has 2 N–H and O–H groups in total. The molecule has 1 fully saturated rings. The zero-order valence-electron chi connectivity index (χ0n) is 13.3. The molecule has 1 aromatic heterocycles. The van der Waals surface area contributed by atoms with Gasteiger partial charge in [-0.3, -0.25) is 9.78 Å². The van der Waals surface area contributed by atoms with E-state index in [-0.39, 0.29) is 5.91 Å². The lowest BCUT2D eigenvalue weighted by molar-refractivity contribution is 0.0955. The average molecular weight is 297 g/mol. The molecule has 0 radical (unpaired) electrons. The van der Waals surface area contributed by atoms with Gasteiger partial charge in [-0.1, -0.05) is 11.6 Å². The number of nitrogens with zero attached hydrogens (tertiary/aromatic N) is 1. The molecule has 1 aromatic carbocycles. The van der Waals surface area contributed by atoms with Gasteiger partial charge in [-0.2, -0.15) is 0 Å². The van der Waals surface area contributed by atoms with Gasteiger partial charge in [-0.15, -0.1) is 0 Å². The van der Waals surface area contributed by atoms with Gasteiger partial charge in [0.15, 0.2) is 0 Å². The summed E-state index contributed by atoms with van der Waals surface area (Å²) in [5.74, 6) is 0.553. The van der Waals surface area contributed by atoms with Crippen molar-refractivity contribution in [3.63, 3.8) is 0 Å². The van der Waals surface area contributed by atoms with Gasteiger partial charge in [0.1, 0.15) is 0 Å². The number of hydrogen-bond acceptors (Lipinski definition) is 3. The van der Waals surface area contributed by atoms with Crippen molar-refractivity contribution in [2.45, 2.75) is 32.1 Å². The summed E-state index contributed by atoms with van der Waals surface area (Å²) in [6.45, 7) is 3.64. The Labute approximate surface area is 131 Å². The third-order valence-electron chi connectivity index (χ3n) is 4.11. The average Bonchev–Trinajstić information content (AvgIpc) is 3.35. The minimum Gasteiger partial charge on any atom is -0.352 e. The van der Waals surface area contributed by atoms with Gasteiger partial charge in [0.25, 0.3) is 5.91 Å². The summed E-state index contributed by atoms with van der Waals surface area (Å²) >= 11 is 0. The number of hydrogen-bond donors (Lipinski definition) is 2. The minimum absolute atomic E-state index is 0.0102. The monoisotopic (exact) mass is 297 g/mol. The first kappa shape index (κ1) is 15.0. The molecular weight excluding hydrogens is 274 g/mol. The zero-order chi connectivity index (χ0) is 15.5. The van der Waals surface area contributed by atoms with Crippen molar-refractivity contribution in [1.82, 2.24) is 15.6 Å². The maximum absolute atomic E-state index is 12.6. The third kappa shape index (κ3) is 3.28. The van der Waals surface area contributed by atoms with E-state index in [1.165, 1.54) is 12.8 Å². The SMILES string of the molecule is CNCCCNC(=O)c1cc(C2CC2)nc2ccc(C)cc12. The van der Waals surface area contributed by atoms with E-state index in [0.29, 0.717) is 12.5 Å². The molecule has 1 aliphatic carbocycles. The Bertz CT molecular complexity index is 692. The molecule has 0 saturated heterocycles. The number of rotatable bonds is 6. The van der Waals surface area contributed by atoms with Crippen molar-refractivity contribution < 1.29 is 4.79 Å². The van der Waals surface area contributed by atoms with Gasteiger partial charge >= 0.3 is 0 Å². The number of carbonyl (C=O) groups is 1. The van der Waals surface area contributed by atoms with Crippen molar-refractivity contribution in [3.8, 4) is 0 Å². The van der Waals surface area contributed by atoms with Crippen LogP contribution in [0.15, 0.2) is 24.3 Å². The second-order valence-electron chi connectivity index (χ2n) is 6.10. The van der Waals surface area contributed by atoms with Crippen molar-refractivity contribution in [1.29, 1.82) is 0 Å². The summed E-state index contributed by atoms with van der Waals surface area (Å²) in [7, 11) is 1.92. The van der Waals surface area contributed by atoms with Gasteiger partial charge in [-0.25, -0.2) is 0 Å².